The van der Waals surface area contributed by atoms with Crippen LogP contribution >= 0.6 is 0 Å². The van der Waals surface area contributed by atoms with Crippen LogP contribution in [-0.2, 0) is 5.41 Å². The first-order chi connectivity index (χ1) is 35.2. The minimum Gasteiger partial charge on any atom is -0.309 e. The van der Waals surface area contributed by atoms with Crippen molar-refractivity contribution in [2.75, 3.05) is 4.90 Å². The molecule has 13 aromatic rings. The summed E-state index contributed by atoms with van der Waals surface area (Å²) >= 11 is 0. The highest BCUT2D eigenvalue weighted by Crippen LogP contribution is 2.57. The first kappa shape index (κ1) is 40.7. The second-order valence-corrected chi connectivity index (χ2v) is 18.6. The second kappa shape index (κ2) is 16.4. The molecule has 1 aliphatic rings. The van der Waals surface area contributed by atoms with Crippen LogP contribution in [0.2, 0.25) is 0 Å². The number of hydrogen-bond acceptors (Lipinski definition) is 2. The summed E-state index contributed by atoms with van der Waals surface area (Å²) in [5, 5.41) is 5.85. The van der Waals surface area contributed by atoms with Gasteiger partial charge in [-0.1, -0.05) is 200 Å². The zero-order chi connectivity index (χ0) is 46.9. The Kier molecular flexibility index (Phi) is 9.43. The van der Waals surface area contributed by atoms with Crippen molar-refractivity contribution in [2.45, 2.75) is 5.41 Å². The van der Waals surface area contributed by atoms with Crippen molar-refractivity contribution in [1.82, 2.24) is 9.55 Å². The molecule has 0 radical (unpaired) electrons. The van der Waals surface area contributed by atoms with Gasteiger partial charge in [0.25, 0.3) is 0 Å². The van der Waals surface area contributed by atoms with Crippen LogP contribution in [0.25, 0.3) is 82.5 Å². The van der Waals surface area contributed by atoms with E-state index in [9.17, 15) is 0 Å². The lowest BCUT2D eigenvalue weighted by atomic mass is 9.67. The molecule has 0 atom stereocenters. The molecule has 11 aromatic carbocycles. The first-order valence-electron chi connectivity index (χ1n) is 24.4. The monoisotopic (exact) mass is 903 g/mol. The summed E-state index contributed by atoms with van der Waals surface area (Å²) in [4.78, 5) is 7.36. The van der Waals surface area contributed by atoms with Gasteiger partial charge in [0, 0.05) is 44.7 Å². The van der Waals surface area contributed by atoms with Crippen LogP contribution in [0.15, 0.2) is 273 Å². The third-order valence-electron chi connectivity index (χ3n) is 14.9. The van der Waals surface area contributed by atoms with Crippen LogP contribution < -0.4 is 4.90 Å². The zero-order valence-electron chi connectivity index (χ0n) is 38.8. The standard InChI is InChI=1S/C68H45N3/c1-4-23-50(24-5-1)68(51-25-6-2-7-26-51)61-34-15-12-31-56(61)57-40-38-53(45-62(57)68)71-64-36-17-14-32-58(64)59-39-37-47(43-65(59)71)46-21-18-22-48(42-46)54-29-13-16-35-63(54)70(52-27-8-3-9-28-52)66-44-49-20-10-11-30-55(49)67-60(66)33-19-41-69-67/h1-45H. The number of anilines is 3. The van der Waals surface area contributed by atoms with Crippen LogP contribution in [0.5, 0.6) is 0 Å². The van der Waals surface area contributed by atoms with Crippen molar-refractivity contribution >= 4 is 60.5 Å². The van der Waals surface area contributed by atoms with E-state index in [1.54, 1.807) is 0 Å². The number of aromatic nitrogens is 2. The molecule has 0 unspecified atom stereocenters. The fraction of sp³-hybridized carbons (Fsp3) is 0.0147. The van der Waals surface area contributed by atoms with E-state index in [4.69, 9.17) is 4.98 Å². The molecule has 1 aliphatic carbocycles. The quantitative estimate of drug-likeness (QED) is 0.142. The molecule has 0 spiro atoms. The van der Waals surface area contributed by atoms with Crippen LogP contribution in [0, 0.1) is 0 Å². The molecule has 0 saturated heterocycles. The van der Waals surface area contributed by atoms with Gasteiger partial charge in [0.1, 0.15) is 0 Å². The highest BCUT2D eigenvalue weighted by atomic mass is 15.1. The molecule has 0 amide bonds. The van der Waals surface area contributed by atoms with E-state index >= 15 is 0 Å². The fourth-order valence-electron chi connectivity index (χ4n) is 11.8. The van der Waals surface area contributed by atoms with Gasteiger partial charge in [-0.25, -0.2) is 0 Å². The van der Waals surface area contributed by atoms with Crippen molar-refractivity contribution in [3.8, 4) is 39.1 Å². The number of para-hydroxylation sites is 3. The number of nitrogens with zero attached hydrogens (tertiary/aromatic N) is 3. The molecule has 0 saturated carbocycles. The van der Waals surface area contributed by atoms with Gasteiger partial charge in [0.15, 0.2) is 0 Å². The predicted octanol–water partition coefficient (Wildman–Crippen LogP) is 17.7. The highest BCUT2D eigenvalue weighted by Gasteiger charge is 2.46. The number of hydrogen-bond donors (Lipinski definition) is 0. The molecule has 2 heterocycles. The zero-order valence-corrected chi connectivity index (χ0v) is 38.8. The summed E-state index contributed by atoms with van der Waals surface area (Å²) in [6.07, 6.45) is 1.90. The van der Waals surface area contributed by atoms with E-state index < -0.39 is 5.41 Å². The summed E-state index contributed by atoms with van der Waals surface area (Å²) in [5.74, 6) is 0. The molecule has 332 valence electrons. The maximum atomic E-state index is 4.95. The molecule has 0 bridgehead atoms. The SMILES string of the molecule is c1ccc(N(c2ccccc2-c2cccc(-c3ccc4c5ccccc5n(-c5ccc6c(c5)C(c5ccccc5)(c5ccccc5)c5ccccc5-6)c4c3)c2)c2cc3ccccc3c3ncccc23)cc1. The largest absolute Gasteiger partial charge is 0.309 e. The Labute approximate surface area is 412 Å². The summed E-state index contributed by atoms with van der Waals surface area (Å²) in [5.41, 5.74) is 19.5. The lowest BCUT2D eigenvalue weighted by Gasteiger charge is -2.34. The molecule has 0 aliphatic heterocycles. The lowest BCUT2D eigenvalue weighted by molar-refractivity contribution is 0.767. The number of benzene rings is 11. The Morgan fingerprint density at radius 1 is 0.352 bits per heavy atom. The molecular formula is C68H45N3. The van der Waals surface area contributed by atoms with Crippen molar-refractivity contribution in [2.24, 2.45) is 0 Å². The average Bonchev–Trinajstić information content (AvgIpc) is 3.94. The van der Waals surface area contributed by atoms with E-state index in [0.29, 0.717) is 0 Å². The van der Waals surface area contributed by atoms with Crippen molar-refractivity contribution in [3.05, 3.63) is 295 Å². The Bertz CT molecular complexity index is 4130. The molecule has 14 rings (SSSR count). The Morgan fingerprint density at radius 2 is 0.972 bits per heavy atom. The minimum atomic E-state index is -0.501. The summed E-state index contributed by atoms with van der Waals surface area (Å²) in [7, 11) is 0. The normalized spacial score (nSPS) is 12.6. The molecule has 0 N–H and O–H groups in total. The maximum Gasteiger partial charge on any atom is 0.0801 e. The lowest BCUT2D eigenvalue weighted by Crippen LogP contribution is -2.28. The summed E-state index contributed by atoms with van der Waals surface area (Å²) < 4.78 is 2.48. The number of rotatable bonds is 8. The van der Waals surface area contributed by atoms with E-state index in [1.165, 1.54) is 55.2 Å². The van der Waals surface area contributed by atoms with Crippen molar-refractivity contribution in [3.63, 3.8) is 0 Å². The molecule has 71 heavy (non-hydrogen) atoms. The minimum absolute atomic E-state index is 0.501. The third-order valence-corrected chi connectivity index (χ3v) is 14.9. The molecule has 3 heteroatoms. The maximum absolute atomic E-state index is 4.95. The number of fused-ring (bicyclic) bond motifs is 9. The predicted molar refractivity (Wildman–Crippen MR) is 296 cm³/mol. The Balaban J connectivity index is 0.938. The van der Waals surface area contributed by atoms with Gasteiger partial charge < -0.3 is 9.47 Å². The van der Waals surface area contributed by atoms with Gasteiger partial charge in [0.05, 0.1) is 33.3 Å². The molecule has 3 nitrogen and oxygen atoms in total. The van der Waals surface area contributed by atoms with Gasteiger partial charge in [-0.3, -0.25) is 4.98 Å². The van der Waals surface area contributed by atoms with Gasteiger partial charge in [-0.05, 0) is 122 Å². The van der Waals surface area contributed by atoms with E-state index in [0.717, 1.165) is 66.7 Å². The molecule has 0 fully saturated rings. The third kappa shape index (κ3) is 6.33. The van der Waals surface area contributed by atoms with Crippen LogP contribution in [-0.4, -0.2) is 9.55 Å². The Hall–Kier alpha value is -9.31. The second-order valence-electron chi connectivity index (χ2n) is 18.6. The van der Waals surface area contributed by atoms with Crippen molar-refractivity contribution in [1.29, 1.82) is 0 Å². The van der Waals surface area contributed by atoms with E-state index in [-0.39, 0.29) is 0 Å². The van der Waals surface area contributed by atoms with Gasteiger partial charge in [-0.15, -0.1) is 0 Å². The van der Waals surface area contributed by atoms with Crippen molar-refractivity contribution < 1.29 is 0 Å². The van der Waals surface area contributed by atoms with Crippen LogP contribution in [0.4, 0.5) is 17.1 Å². The fourth-order valence-corrected chi connectivity index (χ4v) is 11.8. The summed E-state index contributed by atoms with van der Waals surface area (Å²) in [6.45, 7) is 0. The number of pyridine rings is 1. The van der Waals surface area contributed by atoms with Gasteiger partial charge >= 0.3 is 0 Å². The topological polar surface area (TPSA) is 21.1 Å². The molecule has 2 aromatic heterocycles. The smallest absolute Gasteiger partial charge is 0.0801 e. The highest BCUT2D eigenvalue weighted by molar-refractivity contribution is 6.14. The van der Waals surface area contributed by atoms with Gasteiger partial charge in [-0.2, -0.15) is 0 Å². The van der Waals surface area contributed by atoms with Gasteiger partial charge in [0.2, 0.25) is 0 Å². The van der Waals surface area contributed by atoms with Crippen LogP contribution in [0.3, 0.4) is 0 Å². The summed E-state index contributed by atoms with van der Waals surface area (Å²) in [6, 6.07) is 97.8. The first-order valence-corrected chi connectivity index (χ1v) is 24.4. The van der Waals surface area contributed by atoms with E-state index in [2.05, 4.69) is 270 Å². The molecular weight excluding hydrogens is 859 g/mol. The van der Waals surface area contributed by atoms with Crippen LogP contribution in [0.1, 0.15) is 22.3 Å². The van der Waals surface area contributed by atoms with E-state index in [1.807, 2.05) is 12.3 Å². The Morgan fingerprint density at radius 3 is 1.79 bits per heavy atom. The average molecular weight is 904 g/mol.